The molecule has 0 aliphatic carbocycles. The SMILES string of the molecule is CCNC(NCC)C(=O)COc1ccc([C@@H]2C(C#N)=C(N)Oc3nc(C(F)(F)F)[nH]c32)cc1OC. The molecule has 1 aliphatic rings. The van der Waals surface area contributed by atoms with Crippen molar-refractivity contribution in [3.05, 3.63) is 46.7 Å². The number of alkyl halides is 3. The molecule has 0 saturated heterocycles. The Bertz CT molecular complexity index is 1150. The maximum Gasteiger partial charge on any atom is 0.449 e. The first kappa shape index (κ1) is 25.9. The Morgan fingerprint density at radius 2 is 2.00 bits per heavy atom. The molecule has 13 heteroatoms. The zero-order chi connectivity index (χ0) is 25.8. The number of nitrogens with two attached hydrogens (primary N) is 1. The summed E-state index contributed by atoms with van der Waals surface area (Å²) >= 11 is 0. The van der Waals surface area contributed by atoms with E-state index in [0.29, 0.717) is 18.7 Å². The number of carbonyl (C=O) groups excluding carboxylic acids is 1. The van der Waals surface area contributed by atoms with Crippen LogP contribution in [0.25, 0.3) is 0 Å². The molecule has 0 fully saturated rings. The lowest BCUT2D eigenvalue weighted by molar-refractivity contribution is -0.144. The normalized spacial score (nSPS) is 15.4. The van der Waals surface area contributed by atoms with Gasteiger partial charge in [-0.1, -0.05) is 19.9 Å². The van der Waals surface area contributed by atoms with Gasteiger partial charge in [0.2, 0.25) is 23.4 Å². The zero-order valence-electron chi connectivity index (χ0n) is 19.2. The number of H-pyrrole nitrogens is 1. The predicted molar refractivity (Wildman–Crippen MR) is 118 cm³/mol. The van der Waals surface area contributed by atoms with Crippen LogP contribution in [-0.4, -0.2) is 48.7 Å². The molecule has 0 spiro atoms. The third-order valence-corrected chi connectivity index (χ3v) is 5.16. The van der Waals surface area contributed by atoms with Crippen LogP contribution in [0.4, 0.5) is 13.2 Å². The molecule has 1 aromatic heterocycles. The van der Waals surface area contributed by atoms with Crippen molar-refractivity contribution in [3.63, 3.8) is 0 Å². The summed E-state index contributed by atoms with van der Waals surface area (Å²) in [5.74, 6) is -2.81. The fraction of sp³-hybridized carbons (Fsp3) is 0.409. The van der Waals surface area contributed by atoms with E-state index >= 15 is 0 Å². The lowest BCUT2D eigenvalue weighted by Gasteiger charge is -2.23. The Labute approximate surface area is 199 Å². The zero-order valence-corrected chi connectivity index (χ0v) is 19.2. The second-order valence-electron chi connectivity index (χ2n) is 7.44. The number of fused-ring (bicyclic) bond motifs is 1. The molecular weight excluding hydrogens is 469 g/mol. The molecule has 1 aromatic carbocycles. The van der Waals surface area contributed by atoms with Crippen molar-refractivity contribution in [1.29, 1.82) is 5.26 Å². The first-order valence-corrected chi connectivity index (χ1v) is 10.7. The van der Waals surface area contributed by atoms with Gasteiger partial charge in [-0.3, -0.25) is 15.4 Å². The number of aromatic amines is 1. The number of ketones is 1. The smallest absolute Gasteiger partial charge is 0.449 e. The highest BCUT2D eigenvalue weighted by atomic mass is 19.4. The first-order chi connectivity index (χ1) is 16.6. The summed E-state index contributed by atoms with van der Waals surface area (Å²) in [5, 5.41) is 15.7. The number of nitriles is 1. The van der Waals surface area contributed by atoms with Gasteiger partial charge in [0.05, 0.1) is 18.7 Å². The van der Waals surface area contributed by atoms with Crippen molar-refractivity contribution in [2.75, 3.05) is 26.8 Å². The highest BCUT2D eigenvalue weighted by molar-refractivity contribution is 5.85. The molecular formula is C22H25F3N6O4. The summed E-state index contributed by atoms with van der Waals surface area (Å²) in [5.41, 5.74) is 6.01. The van der Waals surface area contributed by atoms with Crippen molar-refractivity contribution in [1.82, 2.24) is 20.6 Å². The van der Waals surface area contributed by atoms with Crippen LogP contribution in [0.1, 0.15) is 36.8 Å². The van der Waals surface area contributed by atoms with Gasteiger partial charge in [-0.2, -0.15) is 23.4 Å². The standard InChI is InChI=1S/C22H25F3N6O4/c1-4-28-19(29-5-2)13(32)10-34-14-7-6-11(8-15(14)33-3)16-12(9-26)18(27)35-20-17(16)30-21(31-20)22(23,24)25/h6-8,16,19,28-29H,4-5,10,27H2,1-3H3,(H,30,31)/t16-/m1/s1. The van der Waals surface area contributed by atoms with Crippen LogP contribution in [0.3, 0.4) is 0 Å². The molecule has 1 atom stereocenters. The van der Waals surface area contributed by atoms with Crippen LogP contribution in [0, 0.1) is 11.3 Å². The molecule has 0 saturated carbocycles. The summed E-state index contributed by atoms with van der Waals surface area (Å²) in [6.07, 6.45) is -5.34. The topological polar surface area (TPSA) is 147 Å². The summed E-state index contributed by atoms with van der Waals surface area (Å²) in [6.45, 7) is 4.64. The van der Waals surface area contributed by atoms with Crippen LogP contribution < -0.4 is 30.6 Å². The van der Waals surface area contributed by atoms with E-state index in [9.17, 15) is 23.2 Å². The number of methoxy groups -OCH3 is 1. The van der Waals surface area contributed by atoms with E-state index in [0.717, 1.165) is 0 Å². The molecule has 188 valence electrons. The highest BCUT2D eigenvalue weighted by Crippen LogP contribution is 2.44. The van der Waals surface area contributed by atoms with Crippen LogP contribution in [0.2, 0.25) is 0 Å². The number of rotatable bonds is 10. The van der Waals surface area contributed by atoms with Crippen molar-refractivity contribution >= 4 is 5.78 Å². The van der Waals surface area contributed by atoms with Gasteiger partial charge in [0.1, 0.15) is 24.4 Å². The second-order valence-corrected chi connectivity index (χ2v) is 7.44. The van der Waals surface area contributed by atoms with Crippen molar-refractivity contribution < 1.29 is 32.2 Å². The molecule has 0 radical (unpaired) electrons. The average Bonchev–Trinajstić information content (AvgIpc) is 3.25. The summed E-state index contributed by atoms with van der Waals surface area (Å²) < 4.78 is 55.8. The lowest BCUT2D eigenvalue weighted by atomic mass is 9.87. The number of carbonyl (C=O) groups is 1. The minimum Gasteiger partial charge on any atom is -0.493 e. The fourth-order valence-corrected chi connectivity index (χ4v) is 3.60. The largest absolute Gasteiger partial charge is 0.493 e. The number of imidazole rings is 1. The number of ether oxygens (including phenoxy) is 3. The maximum absolute atomic E-state index is 13.2. The second kappa shape index (κ2) is 10.7. The highest BCUT2D eigenvalue weighted by Gasteiger charge is 2.41. The van der Waals surface area contributed by atoms with E-state index in [1.54, 1.807) is 0 Å². The third kappa shape index (κ3) is 5.50. The van der Waals surface area contributed by atoms with Gasteiger partial charge >= 0.3 is 6.18 Å². The van der Waals surface area contributed by atoms with Gasteiger partial charge in [-0.25, -0.2) is 0 Å². The van der Waals surface area contributed by atoms with E-state index in [1.165, 1.54) is 25.3 Å². The van der Waals surface area contributed by atoms with Gasteiger partial charge in [0.25, 0.3) is 0 Å². The Morgan fingerprint density at radius 1 is 1.31 bits per heavy atom. The Kier molecular flexibility index (Phi) is 7.88. The Balaban J connectivity index is 1.92. The van der Waals surface area contributed by atoms with Gasteiger partial charge in [0, 0.05) is 0 Å². The fourth-order valence-electron chi connectivity index (χ4n) is 3.60. The predicted octanol–water partition coefficient (Wildman–Crippen LogP) is 2.15. The van der Waals surface area contributed by atoms with Crippen LogP contribution in [0.15, 0.2) is 29.7 Å². The molecule has 3 rings (SSSR count). The van der Waals surface area contributed by atoms with Gasteiger partial charge in [0.15, 0.2) is 11.5 Å². The van der Waals surface area contributed by atoms with Crippen LogP contribution in [0.5, 0.6) is 17.4 Å². The molecule has 1 aliphatic heterocycles. The monoisotopic (exact) mass is 494 g/mol. The van der Waals surface area contributed by atoms with E-state index in [4.69, 9.17) is 19.9 Å². The van der Waals surface area contributed by atoms with Crippen molar-refractivity contribution in [2.24, 2.45) is 5.73 Å². The van der Waals surface area contributed by atoms with E-state index in [1.807, 2.05) is 19.9 Å². The van der Waals surface area contributed by atoms with E-state index in [-0.39, 0.29) is 46.9 Å². The number of nitrogens with one attached hydrogen (secondary N) is 3. The molecule has 2 heterocycles. The summed E-state index contributed by atoms with van der Waals surface area (Å²) in [4.78, 5) is 18.1. The maximum atomic E-state index is 13.2. The molecule has 0 amide bonds. The Morgan fingerprint density at radius 3 is 2.57 bits per heavy atom. The minimum absolute atomic E-state index is 0.0758. The third-order valence-electron chi connectivity index (χ3n) is 5.16. The number of likely N-dealkylation sites (N-methyl/N-ethyl adjacent to an activating group) is 2. The number of halogens is 3. The van der Waals surface area contributed by atoms with Crippen molar-refractivity contribution in [2.45, 2.75) is 32.1 Å². The molecule has 2 aromatic rings. The number of Topliss-reactive ketones (excluding diaryl/α,β-unsaturated/α-hetero) is 1. The number of hydrogen-bond donors (Lipinski definition) is 4. The van der Waals surface area contributed by atoms with E-state index < -0.39 is 24.1 Å². The van der Waals surface area contributed by atoms with Gasteiger partial charge in [-0.05, 0) is 30.8 Å². The molecule has 10 nitrogen and oxygen atoms in total. The number of aromatic nitrogens is 2. The van der Waals surface area contributed by atoms with Crippen LogP contribution >= 0.6 is 0 Å². The van der Waals surface area contributed by atoms with Crippen molar-refractivity contribution in [3.8, 4) is 23.4 Å². The van der Waals surface area contributed by atoms with Gasteiger partial charge in [-0.15, -0.1) is 0 Å². The molecule has 5 N–H and O–H groups in total. The quantitative estimate of drug-likeness (QED) is 0.365. The number of allylic oxidation sites excluding steroid dienone is 1. The summed E-state index contributed by atoms with van der Waals surface area (Å²) in [7, 11) is 1.37. The number of nitrogens with zero attached hydrogens (tertiary/aromatic N) is 2. The molecule has 0 bridgehead atoms. The minimum atomic E-state index is -4.76. The van der Waals surface area contributed by atoms with Gasteiger partial charge < -0.3 is 24.9 Å². The summed E-state index contributed by atoms with van der Waals surface area (Å²) in [6, 6.07) is 6.41. The number of hydrogen-bond acceptors (Lipinski definition) is 9. The first-order valence-electron chi connectivity index (χ1n) is 10.7. The molecule has 35 heavy (non-hydrogen) atoms. The van der Waals surface area contributed by atoms with Crippen LogP contribution in [-0.2, 0) is 11.0 Å². The lowest BCUT2D eigenvalue weighted by Crippen LogP contribution is -2.49. The molecule has 0 unspecified atom stereocenters. The Hall–Kier alpha value is -3.76. The number of benzene rings is 1. The van der Waals surface area contributed by atoms with E-state index in [2.05, 4.69) is 20.6 Å². The average molecular weight is 494 g/mol.